The van der Waals surface area contributed by atoms with Gasteiger partial charge in [0.2, 0.25) is 5.92 Å². The van der Waals surface area contributed by atoms with Crippen molar-refractivity contribution >= 4 is 11.8 Å². The van der Waals surface area contributed by atoms with E-state index in [0.29, 0.717) is 17.9 Å². The Morgan fingerprint density at radius 1 is 1.04 bits per heavy atom. The third-order valence-corrected chi connectivity index (χ3v) is 10.8. The molecule has 16 heteroatoms. The molecule has 258 valence electrons. The maximum Gasteiger partial charge on any atom is 0.248 e. The maximum atomic E-state index is 14.3. The Bertz CT molecular complexity index is 1550. The minimum atomic E-state index is -2.95. The molecule has 3 aliphatic rings. The molecule has 0 bridgehead atoms. The van der Waals surface area contributed by atoms with E-state index in [4.69, 9.17) is 9.26 Å². The number of hydrogen-bond acceptors (Lipinski definition) is 10. The lowest BCUT2D eigenvalue weighted by molar-refractivity contribution is -0.179. The van der Waals surface area contributed by atoms with Gasteiger partial charge in [-0.3, -0.25) is 0 Å². The second-order valence-corrected chi connectivity index (χ2v) is 14.5. The Morgan fingerprint density at radius 3 is 2.30 bits per heavy atom. The number of aliphatic hydroxyl groups excluding tert-OH is 3. The largest absolute Gasteiger partial charge is 0.394 e. The molecule has 2 aromatic heterocycles. The van der Waals surface area contributed by atoms with Crippen molar-refractivity contribution in [2.75, 3.05) is 6.61 Å². The Kier molecular flexibility index (Phi) is 9.48. The Labute approximate surface area is 271 Å². The summed E-state index contributed by atoms with van der Waals surface area (Å²) in [6.45, 7) is 3.34. The van der Waals surface area contributed by atoms with Gasteiger partial charge in [-0.05, 0) is 50.2 Å². The van der Waals surface area contributed by atoms with Crippen LogP contribution in [0.3, 0.4) is 0 Å². The van der Waals surface area contributed by atoms with E-state index in [9.17, 15) is 42.4 Å². The molecule has 6 atom stereocenters. The third-order valence-electron chi connectivity index (χ3n) is 9.21. The fourth-order valence-electron chi connectivity index (χ4n) is 6.46. The molecule has 3 heterocycles. The number of alkyl halides is 2. The van der Waals surface area contributed by atoms with Crippen molar-refractivity contribution in [2.45, 2.75) is 111 Å². The second kappa shape index (κ2) is 13.0. The molecule has 47 heavy (non-hydrogen) atoms. The molecule has 6 rings (SSSR count). The molecule has 10 nitrogen and oxygen atoms in total. The summed E-state index contributed by atoms with van der Waals surface area (Å²) in [6.07, 6.45) is -2.50. The molecule has 1 unspecified atom stereocenters. The normalized spacial score (nSPS) is 28.1. The summed E-state index contributed by atoms with van der Waals surface area (Å²) >= 11 is 0.933. The summed E-state index contributed by atoms with van der Waals surface area (Å²) in [7, 11) is 0. The van der Waals surface area contributed by atoms with Crippen molar-refractivity contribution in [1.82, 2.24) is 20.2 Å². The number of rotatable bonds is 10. The van der Waals surface area contributed by atoms with Crippen molar-refractivity contribution in [1.29, 1.82) is 0 Å². The van der Waals surface area contributed by atoms with Crippen LogP contribution in [0.1, 0.15) is 86.6 Å². The highest BCUT2D eigenvalue weighted by Crippen LogP contribution is 2.54. The van der Waals surface area contributed by atoms with E-state index >= 15 is 0 Å². The van der Waals surface area contributed by atoms with E-state index in [0.717, 1.165) is 47.0 Å². The highest BCUT2D eigenvalue weighted by molar-refractivity contribution is 8.00. The highest BCUT2D eigenvalue weighted by Gasteiger charge is 2.53. The van der Waals surface area contributed by atoms with Crippen molar-refractivity contribution in [3.8, 4) is 11.3 Å². The monoisotopic (exact) mass is 688 g/mol. The molecule has 2 aliphatic carbocycles. The number of aromatic nitrogens is 4. The molecule has 2 saturated carbocycles. The van der Waals surface area contributed by atoms with Gasteiger partial charge in [-0.15, -0.1) is 16.9 Å². The first-order valence-corrected chi connectivity index (χ1v) is 16.6. The van der Waals surface area contributed by atoms with Gasteiger partial charge >= 0.3 is 0 Å². The molecule has 3 fully saturated rings. The Balaban J connectivity index is 1.35. The van der Waals surface area contributed by atoms with E-state index in [1.807, 2.05) is 13.8 Å². The molecule has 0 radical (unpaired) electrons. The fraction of sp³-hybridized carbons (Fsp3) is 0.645. The highest BCUT2D eigenvalue weighted by atomic mass is 32.2. The van der Waals surface area contributed by atoms with Gasteiger partial charge in [-0.1, -0.05) is 24.2 Å². The molecular weight excluding hydrogens is 651 g/mol. The summed E-state index contributed by atoms with van der Waals surface area (Å²) in [5, 5.41) is 56.1. The molecule has 0 spiro atoms. The van der Waals surface area contributed by atoms with Gasteiger partial charge in [0.15, 0.2) is 17.5 Å². The molecule has 4 N–H and O–H groups in total. The zero-order valence-corrected chi connectivity index (χ0v) is 26.5. The Morgan fingerprint density at radius 2 is 1.70 bits per heavy atom. The summed E-state index contributed by atoms with van der Waals surface area (Å²) in [6, 6.07) is 0.121. The van der Waals surface area contributed by atoms with Crippen LogP contribution in [0.15, 0.2) is 22.9 Å². The summed E-state index contributed by atoms with van der Waals surface area (Å²) in [4.78, 5) is 0. The van der Waals surface area contributed by atoms with Gasteiger partial charge in [-0.2, -0.15) is 0 Å². The number of benzene rings is 1. The minimum absolute atomic E-state index is 0.0951. The lowest BCUT2D eigenvalue weighted by atomic mass is 9.78. The van der Waals surface area contributed by atoms with E-state index in [-0.39, 0.29) is 35.9 Å². The molecule has 3 aromatic rings. The van der Waals surface area contributed by atoms with Crippen LogP contribution in [-0.4, -0.2) is 82.5 Å². The van der Waals surface area contributed by atoms with Crippen LogP contribution in [0, 0.1) is 23.4 Å². The van der Waals surface area contributed by atoms with Crippen LogP contribution in [0.4, 0.5) is 22.0 Å². The first kappa shape index (κ1) is 34.2. The van der Waals surface area contributed by atoms with Crippen molar-refractivity contribution in [3.05, 3.63) is 52.8 Å². The second-order valence-electron chi connectivity index (χ2n) is 13.3. The number of thioether (sulfide) groups is 1. The lowest BCUT2D eigenvalue weighted by Gasteiger charge is -2.46. The molecule has 1 aromatic carbocycles. The van der Waals surface area contributed by atoms with Crippen LogP contribution in [0.2, 0.25) is 0 Å². The topological polar surface area (TPSA) is 147 Å². The predicted octanol–water partition coefficient (Wildman–Crippen LogP) is 4.82. The predicted molar refractivity (Wildman–Crippen MR) is 158 cm³/mol. The zero-order valence-electron chi connectivity index (χ0n) is 25.7. The fourth-order valence-corrected chi connectivity index (χ4v) is 8.06. The van der Waals surface area contributed by atoms with Crippen LogP contribution in [0.25, 0.3) is 11.3 Å². The van der Waals surface area contributed by atoms with Crippen LogP contribution < -0.4 is 0 Å². The van der Waals surface area contributed by atoms with E-state index in [1.54, 1.807) is 0 Å². The van der Waals surface area contributed by atoms with Gasteiger partial charge in [0, 0.05) is 29.9 Å². The third kappa shape index (κ3) is 6.81. The van der Waals surface area contributed by atoms with Gasteiger partial charge in [-0.25, -0.2) is 26.6 Å². The Hall–Kier alpha value is -2.63. The number of aliphatic hydroxyl groups is 4. The van der Waals surface area contributed by atoms with Gasteiger partial charge in [0.05, 0.1) is 23.7 Å². The van der Waals surface area contributed by atoms with Crippen LogP contribution >= 0.6 is 11.8 Å². The van der Waals surface area contributed by atoms with E-state index in [1.165, 1.54) is 6.20 Å². The minimum Gasteiger partial charge on any atom is -0.394 e. The smallest absolute Gasteiger partial charge is 0.248 e. The number of hydrogen-bond donors (Lipinski definition) is 4. The summed E-state index contributed by atoms with van der Waals surface area (Å²) in [5.74, 6) is -6.48. The van der Waals surface area contributed by atoms with Gasteiger partial charge in [0.25, 0.3) is 0 Å². The first-order chi connectivity index (χ1) is 22.2. The van der Waals surface area contributed by atoms with E-state index in [2.05, 4.69) is 15.5 Å². The standard InChI is InChI=1S/C31H37F5N4O6S/c1-14(2)9-17-23(38-46-27(17)15-3-4-15)28(30(44)5-7-31(35,36)8-6-30)47-29-26(43)24(25(42)21(13-41)45-29)40-12-20(37-39-40)16-10-18(32)22(34)19(33)11-16/h10-12,14-15,21,24-26,28-29,41-44H,3-9,13H2,1-2H3/t21-,24+,25+,26-,28?,29+/m1/s1. The average molecular weight is 689 g/mol. The lowest BCUT2D eigenvalue weighted by Crippen LogP contribution is -2.55. The molecule has 1 aliphatic heterocycles. The first-order valence-electron chi connectivity index (χ1n) is 15.6. The van der Waals surface area contributed by atoms with Crippen LogP contribution in [0.5, 0.6) is 0 Å². The summed E-state index contributed by atoms with van der Waals surface area (Å²) in [5.41, 5.74) is -2.05. The van der Waals surface area contributed by atoms with Gasteiger partial charge < -0.3 is 29.7 Å². The van der Waals surface area contributed by atoms with Gasteiger partial charge in [0.1, 0.15) is 46.9 Å². The number of ether oxygens (including phenoxy) is 1. The zero-order chi connectivity index (χ0) is 33.8. The SMILES string of the molecule is CC(C)Cc1c(C(S[C@@H]2O[C@H](CO)[C@H](O)[C@H](n3cc(-c4cc(F)c(F)c(F)c4)nn3)[C@H]2O)C2(O)CCC(F)(F)CC2)noc1C1CC1. The van der Waals surface area contributed by atoms with Crippen LogP contribution in [-0.2, 0) is 11.2 Å². The molecular formula is C31H37F5N4O6S. The van der Waals surface area contributed by atoms with Crippen molar-refractivity contribution in [3.63, 3.8) is 0 Å². The quantitative estimate of drug-likeness (QED) is 0.173. The maximum absolute atomic E-state index is 14.3. The van der Waals surface area contributed by atoms with Crippen molar-refractivity contribution < 1.29 is 51.6 Å². The van der Waals surface area contributed by atoms with Crippen molar-refractivity contribution in [2.24, 2.45) is 5.92 Å². The van der Waals surface area contributed by atoms with E-state index < -0.39 is 83.5 Å². The number of halogens is 5. The molecule has 1 saturated heterocycles. The average Bonchev–Trinajstić information content (AvgIpc) is 3.61. The number of nitrogens with zero attached hydrogens (tertiary/aromatic N) is 4. The molecule has 0 amide bonds. The summed E-state index contributed by atoms with van der Waals surface area (Å²) < 4.78 is 82.9.